The molecule has 0 bridgehead atoms. The van der Waals surface area contributed by atoms with Crippen LogP contribution in [0.4, 0.5) is 0 Å². The maximum atomic E-state index is 5.98. The van der Waals surface area contributed by atoms with Crippen LogP contribution in [0, 0.1) is 4.77 Å². The Balaban J connectivity index is 2.71. The van der Waals surface area contributed by atoms with Gasteiger partial charge in [-0.3, -0.25) is 9.67 Å². The number of H-pyrrole nitrogens is 1. The number of benzene rings is 1. The van der Waals surface area contributed by atoms with Gasteiger partial charge in [-0.1, -0.05) is 18.5 Å². The zero-order valence-electron chi connectivity index (χ0n) is 8.50. The molecule has 84 valence electrons. The molecule has 16 heavy (non-hydrogen) atoms. The minimum atomic E-state index is 0.569. The monoisotopic (exact) mass is 317 g/mol. The smallest absolute Gasteiger partial charge is 0.199 e. The normalized spacial score (nSPS) is 10.7. The number of aromatic nitrogens is 3. The molecule has 0 aliphatic heterocycles. The van der Waals surface area contributed by atoms with Crippen LogP contribution in [0.3, 0.4) is 0 Å². The highest BCUT2D eigenvalue weighted by Crippen LogP contribution is 2.25. The van der Waals surface area contributed by atoms with Crippen LogP contribution < -0.4 is 0 Å². The topological polar surface area (TPSA) is 33.6 Å². The first-order chi connectivity index (χ1) is 7.63. The van der Waals surface area contributed by atoms with Crippen molar-refractivity contribution >= 4 is 39.7 Å². The number of rotatable bonds is 2. The van der Waals surface area contributed by atoms with E-state index in [0.29, 0.717) is 9.79 Å². The first-order valence-corrected chi connectivity index (χ1v) is 6.33. The van der Waals surface area contributed by atoms with Crippen LogP contribution in [-0.4, -0.2) is 14.8 Å². The molecule has 1 N–H and O–H groups in total. The number of nitrogens with zero attached hydrogens (tertiary/aromatic N) is 2. The van der Waals surface area contributed by atoms with Crippen molar-refractivity contribution in [3.63, 3.8) is 0 Å². The van der Waals surface area contributed by atoms with E-state index >= 15 is 0 Å². The van der Waals surface area contributed by atoms with Gasteiger partial charge < -0.3 is 0 Å². The van der Waals surface area contributed by atoms with Crippen molar-refractivity contribution in [1.82, 2.24) is 14.8 Å². The van der Waals surface area contributed by atoms with Crippen LogP contribution in [0.25, 0.3) is 5.69 Å². The van der Waals surface area contributed by atoms with Gasteiger partial charge in [0.1, 0.15) is 5.82 Å². The van der Waals surface area contributed by atoms with Crippen molar-refractivity contribution in [3.8, 4) is 5.69 Å². The Morgan fingerprint density at radius 3 is 3.00 bits per heavy atom. The van der Waals surface area contributed by atoms with Gasteiger partial charge in [-0.15, -0.1) is 0 Å². The van der Waals surface area contributed by atoms with E-state index in [2.05, 4.69) is 26.1 Å². The number of aryl methyl sites for hydroxylation is 1. The summed E-state index contributed by atoms with van der Waals surface area (Å²) in [5.41, 5.74) is 0.906. The molecule has 0 saturated heterocycles. The van der Waals surface area contributed by atoms with Crippen molar-refractivity contribution < 1.29 is 0 Å². The van der Waals surface area contributed by atoms with E-state index in [0.717, 1.165) is 22.4 Å². The fourth-order valence-corrected chi connectivity index (χ4v) is 2.31. The fraction of sp³-hybridized carbons (Fsp3) is 0.200. The predicted molar refractivity (Wildman–Crippen MR) is 70.8 cm³/mol. The maximum absolute atomic E-state index is 5.98. The number of aromatic amines is 1. The van der Waals surface area contributed by atoms with E-state index in [1.807, 2.05) is 29.7 Å². The molecule has 0 unspecified atom stereocenters. The summed E-state index contributed by atoms with van der Waals surface area (Å²) in [6.07, 6.45) is 0.798. The van der Waals surface area contributed by atoms with Crippen LogP contribution in [0.15, 0.2) is 22.7 Å². The van der Waals surface area contributed by atoms with Gasteiger partial charge in [0.25, 0.3) is 0 Å². The summed E-state index contributed by atoms with van der Waals surface area (Å²) in [7, 11) is 0. The second kappa shape index (κ2) is 4.69. The minimum absolute atomic E-state index is 0.569. The molecule has 0 spiro atoms. The van der Waals surface area contributed by atoms with Crippen LogP contribution >= 0.6 is 39.7 Å². The van der Waals surface area contributed by atoms with Gasteiger partial charge >= 0.3 is 0 Å². The molecule has 0 radical (unpaired) electrons. The summed E-state index contributed by atoms with van der Waals surface area (Å²) in [6.45, 7) is 2.03. The van der Waals surface area contributed by atoms with Crippen molar-refractivity contribution in [2.24, 2.45) is 0 Å². The molecule has 1 aromatic carbocycles. The molecule has 2 aromatic rings. The molecule has 0 atom stereocenters. The average molecular weight is 319 g/mol. The molecular weight excluding hydrogens is 310 g/mol. The third-order valence-corrected chi connectivity index (χ3v) is 3.39. The van der Waals surface area contributed by atoms with Gasteiger partial charge in [-0.25, -0.2) is 0 Å². The standard InChI is InChI=1S/C10H9BrClN3S/c1-2-9-13-14-10(16)15(9)8-5-6(12)3-4-7(8)11/h3-5H,2H2,1H3,(H,14,16). The van der Waals surface area contributed by atoms with Crippen molar-refractivity contribution in [2.45, 2.75) is 13.3 Å². The molecule has 6 heteroatoms. The highest BCUT2D eigenvalue weighted by atomic mass is 79.9. The second-order valence-electron chi connectivity index (χ2n) is 3.23. The van der Waals surface area contributed by atoms with E-state index in [1.54, 1.807) is 0 Å². The number of hydrogen-bond donors (Lipinski definition) is 1. The van der Waals surface area contributed by atoms with Crippen molar-refractivity contribution in [2.75, 3.05) is 0 Å². The molecule has 0 aliphatic carbocycles. The minimum Gasteiger partial charge on any atom is -0.271 e. The van der Waals surface area contributed by atoms with Crippen molar-refractivity contribution in [1.29, 1.82) is 0 Å². The molecule has 0 amide bonds. The Morgan fingerprint density at radius 2 is 2.31 bits per heavy atom. The van der Waals surface area contributed by atoms with Crippen LogP contribution in [0.2, 0.25) is 5.02 Å². The molecular formula is C10H9BrClN3S. The Kier molecular flexibility index (Phi) is 3.47. The summed E-state index contributed by atoms with van der Waals surface area (Å²) in [6, 6.07) is 5.58. The number of halogens is 2. The third kappa shape index (κ3) is 2.07. The summed E-state index contributed by atoms with van der Waals surface area (Å²) >= 11 is 14.7. The number of nitrogens with one attached hydrogen (secondary N) is 1. The Bertz CT molecular complexity index is 576. The van der Waals surface area contributed by atoms with Gasteiger partial charge in [0.05, 0.1) is 5.69 Å². The molecule has 1 heterocycles. The fourth-order valence-electron chi connectivity index (χ4n) is 1.47. The lowest BCUT2D eigenvalue weighted by Gasteiger charge is -2.08. The second-order valence-corrected chi connectivity index (χ2v) is 4.91. The summed E-state index contributed by atoms with van der Waals surface area (Å²) < 4.78 is 3.38. The Morgan fingerprint density at radius 1 is 1.56 bits per heavy atom. The molecule has 1 aromatic heterocycles. The average Bonchev–Trinajstić information content (AvgIpc) is 2.63. The maximum Gasteiger partial charge on any atom is 0.199 e. The van der Waals surface area contributed by atoms with Gasteiger partial charge in [-0.2, -0.15) is 5.10 Å². The quantitative estimate of drug-likeness (QED) is 0.852. The van der Waals surface area contributed by atoms with E-state index in [-0.39, 0.29) is 0 Å². The zero-order chi connectivity index (χ0) is 11.7. The summed E-state index contributed by atoms with van der Waals surface area (Å²) in [5.74, 6) is 0.882. The lowest BCUT2D eigenvalue weighted by atomic mass is 10.3. The van der Waals surface area contributed by atoms with E-state index in [4.69, 9.17) is 23.8 Å². The molecule has 2 rings (SSSR count). The highest BCUT2D eigenvalue weighted by molar-refractivity contribution is 9.10. The molecule has 0 saturated carbocycles. The molecule has 0 aliphatic rings. The van der Waals surface area contributed by atoms with E-state index in [9.17, 15) is 0 Å². The van der Waals surface area contributed by atoms with E-state index in [1.165, 1.54) is 0 Å². The molecule has 3 nitrogen and oxygen atoms in total. The van der Waals surface area contributed by atoms with Gasteiger partial charge in [0.2, 0.25) is 0 Å². The lowest BCUT2D eigenvalue weighted by molar-refractivity contribution is 0.877. The van der Waals surface area contributed by atoms with Crippen LogP contribution in [0.5, 0.6) is 0 Å². The SMILES string of the molecule is CCc1n[nH]c(=S)n1-c1cc(Cl)ccc1Br. The van der Waals surface area contributed by atoms with Crippen LogP contribution in [0.1, 0.15) is 12.7 Å². The summed E-state index contributed by atoms with van der Waals surface area (Å²) in [5, 5.41) is 7.62. The van der Waals surface area contributed by atoms with E-state index < -0.39 is 0 Å². The lowest BCUT2D eigenvalue weighted by Crippen LogP contribution is -2.01. The van der Waals surface area contributed by atoms with Gasteiger partial charge in [0.15, 0.2) is 4.77 Å². The third-order valence-electron chi connectivity index (χ3n) is 2.21. The van der Waals surface area contributed by atoms with Gasteiger partial charge in [-0.05, 0) is 46.3 Å². The van der Waals surface area contributed by atoms with Crippen molar-refractivity contribution in [3.05, 3.63) is 38.3 Å². The first-order valence-electron chi connectivity index (χ1n) is 4.75. The first kappa shape index (κ1) is 11.8. The highest BCUT2D eigenvalue weighted by Gasteiger charge is 2.09. The Labute approximate surface area is 112 Å². The molecule has 0 fully saturated rings. The largest absolute Gasteiger partial charge is 0.271 e. The Hall–Kier alpha value is -0.650. The number of hydrogen-bond acceptors (Lipinski definition) is 2. The predicted octanol–water partition coefficient (Wildman–Crippen LogP) is 3.91. The summed E-state index contributed by atoms with van der Waals surface area (Å²) in [4.78, 5) is 0. The van der Waals surface area contributed by atoms with Gasteiger partial charge in [0, 0.05) is 15.9 Å². The zero-order valence-corrected chi connectivity index (χ0v) is 11.7. The van der Waals surface area contributed by atoms with Crippen LogP contribution in [-0.2, 0) is 6.42 Å².